The standard InChI is InChI=1S/C9H14O4/c1-6(8(10)11)4-5-7(2)9(12)13-3/h6H,2,4-5H2,1,3H3,(H,10,11)/t6-/m1/s1. The van der Waals surface area contributed by atoms with E-state index in [1.165, 1.54) is 7.11 Å². The first-order valence-electron chi connectivity index (χ1n) is 3.98. The van der Waals surface area contributed by atoms with Crippen molar-refractivity contribution in [2.24, 2.45) is 5.92 Å². The minimum atomic E-state index is -0.863. The Balaban J connectivity index is 3.83. The van der Waals surface area contributed by atoms with Gasteiger partial charge >= 0.3 is 11.9 Å². The lowest BCUT2D eigenvalue weighted by Gasteiger charge is -2.06. The molecule has 0 aliphatic carbocycles. The molecule has 0 saturated heterocycles. The van der Waals surface area contributed by atoms with E-state index in [0.717, 1.165) is 0 Å². The molecule has 0 unspecified atom stereocenters. The van der Waals surface area contributed by atoms with Crippen LogP contribution in [0.1, 0.15) is 19.8 Å². The third kappa shape index (κ3) is 4.30. The highest BCUT2D eigenvalue weighted by Crippen LogP contribution is 2.11. The van der Waals surface area contributed by atoms with Crippen LogP contribution in [0.2, 0.25) is 0 Å². The molecule has 0 radical (unpaired) electrons. The van der Waals surface area contributed by atoms with Gasteiger partial charge in [-0.3, -0.25) is 4.79 Å². The molecule has 0 amide bonds. The van der Waals surface area contributed by atoms with Crippen molar-refractivity contribution in [2.75, 3.05) is 7.11 Å². The Morgan fingerprint density at radius 3 is 2.46 bits per heavy atom. The molecule has 4 nitrogen and oxygen atoms in total. The molecule has 0 aliphatic rings. The summed E-state index contributed by atoms with van der Waals surface area (Å²) in [5, 5.41) is 8.54. The molecule has 0 bridgehead atoms. The van der Waals surface area contributed by atoms with E-state index in [-0.39, 0.29) is 0 Å². The molecule has 0 rings (SSSR count). The molecular formula is C9H14O4. The third-order valence-corrected chi connectivity index (χ3v) is 1.77. The lowest BCUT2D eigenvalue weighted by atomic mass is 10.0. The monoisotopic (exact) mass is 186 g/mol. The first kappa shape index (κ1) is 11.7. The Bertz CT molecular complexity index is 220. The zero-order chi connectivity index (χ0) is 10.4. The molecule has 0 aromatic rings. The van der Waals surface area contributed by atoms with Crippen LogP contribution in [0.25, 0.3) is 0 Å². The second-order valence-corrected chi connectivity index (χ2v) is 2.87. The van der Waals surface area contributed by atoms with Crippen molar-refractivity contribution in [1.82, 2.24) is 0 Å². The summed E-state index contributed by atoms with van der Waals surface area (Å²) in [6.45, 7) is 5.08. The van der Waals surface area contributed by atoms with Gasteiger partial charge in [0.1, 0.15) is 0 Å². The molecule has 0 heterocycles. The number of carboxylic acids is 1. The zero-order valence-corrected chi connectivity index (χ0v) is 7.87. The summed E-state index contributed by atoms with van der Waals surface area (Å²) < 4.78 is 4.42. The van der Waals surface area contributed by atoms with Gasteiger partial charge in [-0.15, -0.1) is 0 Å². The molecule has 0 spiro atoms. The van der Waals surface area contributed by atoms with E-state index in [1.54, 1.807) is 6.92 Å². The van der Waals surface area contributed by atoms with Gasteiger partial charge in [0.15, 0.2) is 0 Å². The van der Waals surface area contributed by atoms with Crippen molar-refractivity contribution < 1.29 is 19.4 Å². The van der Waals surface area contributed by atoms with Crippen molar-refractivity contribution in [3.63, 3.8) is 0 Å². The van der Waals surface area contributed by atoms with Crippen LogP contribution in [0.15, 0.2) is 12.2 Å². The van der Waals surface area contributed by atoms with E-state index >= 15 is 0 Å². The highest BCUT2D eigenvalue weighted by Gasteiger charge is 2.13. The largest absolute Gasteiger partial charge is 0.481 e. The minimum Gasteiger partial charge on any atom is -0.481 e. The summed E-state index contributed by atoms with van der Waals surface area (Å²) in [5.74, 6) is -1.79. The second-order valence-electron chi connectivity index (χ2n) is 2.87. The second kappa shape index (κ2) is 5.35. The minimum absolute atomic E-state index is 0.315. The predicted molar refractivity (Wildman–Crippen MR) is 47.2 cm³/mol. The quantitative estimate of drug-likeness (QED) is 0.518. The van der Waals surface area contributed by atoms with E-state index in [9.17, 15) is 9.59 Å². The zero-order valence-electron chi connectivity index (χ0n) is 7.87. The number of hydrogen-bond donors (Lipinski definition) is 1. The van der Waals surface area contributed by atoms with Crippen molar-refractivity contribution >= 4 is 11.9 Å². The Kier molecular flexibility index (Phi) is 4.80. The normalized spacial score (nSPS) is 11.8. The lowest BCUT2D eigenvalue weighted by molar-refractivity contribution is -0.141. The molecule has 0 aromatic carbocycles. The smallest absolute Gasteiger partial charge is 0.333 e. The third-order valence-electron chi connectivity index (χ3n) is 1.77. The van der Waals surface area contributed by atoms with Crippen LogP contribution in [0, 0.1) is 5.92 Å². The predicted octanol–water partition coefficient (Wildman–Crippen LogP) is 1.22. The molecule has 0 aliphatic heterocycles. The topological polar surface area (TPSA) is 63.6 Å². The molecule has 1 N–H and O–H groups in total. The molecular weight excluding hydrogens is 172 g/mol. The van der Waals surface area contributed by atoms with Gasteiger partial charge in [-0.25, -0.2) is 4.79 Å². The summed E-state index contributed by atoms with van der Waals surface area (Å²) in [6.07, 6.45) is 0.767. The maximum atomic E-state index is 10.8. The fraction of sp³-hybridized carbons (Fsp3) is 0.556. The van der Waals surface area contributed by atoms with Gasteiger partial charge in [-0.2, -0.15) is 0 Å². The number of ether oxygens (including phenoxy) is 1. The van der Waals surface area contributed by atoms with Crippen LogP contribution < -0.4 is 0 Å². The highest BCUT2D eigenvalue weighted by atomic mass is 16.5. The van der Waals surface area contributed by atoms with E-state index < -0.39 is 17.9 Å². The first-order valence-corrected chi connectivity index (χ1v) is 3.98. The number of carbonyl (C=O) groups is 2. The highest BCUT2D eigenvalue weighted by molar-refractivity contribution is 5.87. The Labute approximate surface area is 77.2 Å². The maximum absolute atomic E-state index is 10.8. The van der Waals surface area contributed by atoms with Crippen LogP contribution in [-0.2, 0) is 14.3 Å². The Morgan fingerprint density at radius 1 is 1.54 bits per heavy atom. The van der Waals surface area contributed by atoms with Crippen molar-refractivity contribution in [1.29, 1.82) is 0 Å². The van der Waals surface area contributed by atoms with Gasteiger partial charge in [0.25, 0.3) is 0 Å². The number of carbonyl (C=O) groups excluding carboxylic acids is 1. The van der Waals surface area contributed by atoms with Gasteiger partial charge in [-0.05, 0) is 12.8 Å². The number of methoxy groups -OCH3 is 1. The lowest BCUT2D eigenvalue weighted by Crippen LogP contribution is -2.11. The summed E-state index contributed by atoms with van der Waals surface area (Å²) in [7, 11) is 1.27. The van der Waals surface area contributed by atoms with Crippen LogP contribution >= 0.6 is 0 Å². The summed E-state index contributed by atoms with van der Waals surface area (Å²) in [5.41, 5.74) is 0.315. The summed E-state index contributed by atoms with van der Waals surface area (Å²) in [4.78, 5) is 21.2. The number of rotatable bonds is 5. The summed E-state index contributed by atoms with van der Waals surface area (Å²) >= 11 is 0. The van der Waals surface area contributed by atoms with Gasteiger partial charge < -0.3 is 9.84 Å². The molecule has 13 heavy (non-hydrogen) atoms. The molecule has 0 fully saturated rings. The van der Waals surface area contributed by atoms with Gasteiger partial charge in [0, 0.05) is 5.57 Å². The van der Waals surface area contributed by atoms with Crippen molar-refractivity contribution in [3.8, 4) is 0 Å². The molecule has 0 saturated carbocycles. The first-order chi connectivity index (χ1) is 5.99. The number of esters is 1. The number of hydrogen-bond acceptors (Lipinski definition) is 3. The Hall–Kier alpha value is -1.32. The Morgan fingerprint density at radius 2 is 2.08 bits per heavy atom. The molecule has 0 aromatic heterocycles. The fourth-order valence-corrected chi connectivity index (χ4v) is 0.761. The maximum Gasteiger partial charge on any atom is 0.333 e. The molecule has 74 valence electrons. The molecule has 4 heteroatoms. The summed E-state index contributed by atoms with van der Waals surface area (Å²) in [6, 6.07) is 0. The average molecular weight is 186 g/mol. The van der Waals surface area contributed by atoms with E-state index in [0.29, 0.717) is 18.4 Å². The van der Waals surface area contributed by atoms with Crippen LogP contribution in [0.5, 0.6) is 0 Å². The van der Waals surface area contributed by atoms with E-state index in [4.69, 9.17) is 5.11 Å². The van der Waals surface area contributed by atoms with E-state index in [2.05, 4.69) is 11.3 Å². The van der Waals surface area contributed by atoms with Gasteiger partial charge in [0.2, 0.25) is 0 Å². The fourth-order valence-electron chi connectivity index (χ4n) is 0.761. The van der Waals surface area contributed by atoms with Crippen LogP contribution in [-0.4, -0.2) is 24.2 Å². The average Bonchev–Trinajstić information content (AvgIpc) is 2.11. The van der Waals surface area contributed by atoms with Crippen molar-refractivity contribution in [2.45, 2.75) is 19.8 Å². The number of aliphatic carboxylic acids is 1. The van der Waals surface area contributed by atoms with Gasteiger partial charge in [-0.1, -0.05) is 13.5 Å². The number of carboxylic acid groups (broad SMARTS) is 1. The van der Waals surface area contributed by atoms with Crippen LogP contribution in [0.3, 0.4) is 0 Å². The van der Waals surface area contributed by atoms with Crippen molar-refractivity contribution in [3.05, 3.63) is 12.2 Å². The van der Waals surface area contributed by atoms with E-state index in [1.807, 2.05) is 0 Å². The van der Waals surface area contributed by atoms with Gasteiger partial charge in [0.05, 0.1) is 13.0 Å². The molecule has 1 atom stereocenters. The SMILES string of the molecule is C=C(CC[C@@H](C)C(=O)O)C(=O)OC. The van der Waals surface area contributed by atoms with Crippen LogP contribution in [0.4, 0.5) is 0 Å².